The minimum Gasteiger partial charge on any atom is -0.493 e. The molecule has 3 rings (SSSR count). The molecule has 1 aliphatic rings. The number of carbonyl (C=O) groups excluding carboxylic acids is 2. The Bertz CT molecular complexity index is 957. The Morgan fingerprint density at radius 1 is 0.967 bits per heavy atom. The van der Waals surface area contributed by atoms with E-state index in [-0.39, 0.29) is 11.8 Å². The summed E-state index contributed by atoms with van der Waals surface area (Å²) in [6, 6.07) is 10.4. The summed E-state index contributed by atoms with van der Waals surface area (Å²) >= 11 is 0. The number of benzene rings is 2. The maximum absolute atomic E-state index is 12.6. The summed E-state index contributed by atoms with van der Waals surface area (Å²) in [5, 5.41) is 7.09. The van der Waals surface area contributed by atoms with Gasteiger partial charge in [0.2, 0.25) is 11.7 Å². The molecule has 0 spiro atoms. The lowest BCUT2D eigenvalue weighted by molar-refractivity contribution is -0.117. The minimum atomic E-state index is -0.424. The summed E-state index contributed by atoms with van der Waals surface area (Å²) in [5.74, 6) is 0.898. The number of nitrogens with one attached hydrogen (secondary N) is 2. The predicted octanol–water partition coefficient (Wildman–Crippen LogP) is 3.21. The highest BCUT2D eigenvalue weighted by Crippen LogP contribution is 2.38. The summed E-state index contributed by atoms with van der Waals surface area (Å²) in [6.45, 7) is 1.78. The van der Waals surface area contributed by atoms with E-state index in [1.165, 1.54) is 21.3 Å². The van der Waals surface area contributed by atoms with Gasteiger partial charge in [0.05, 0.1) is 27.0 Å². The fraction of sp³-hybridized carbons (Fsp3) is 0.318. The zero-order chi connectivity index (χ0) is 21.7. The van der Waals surface area contributed by atoms with Crippen molar-refractivity contribution in [3.05, 3.63) is 47.5 Å². The lowest BCUT2D eigenvalue weighted by atomic mass is 10.1. The van der Waals surface area contributed by atoms with Crippen LogP contribution in [0.2, 0.25) is 0 Å². The van der Waals surface area contributed by atoms with Crippen LogP contribution in [-0.4, -0.2) is 38.9 Å². The fourth-order valence-corrected chi connectivity index (χ4v) is 2.89. The molecule has 0 unspecified atom stereocenters. The number of nitrogens with zero attached hydrogens (tertiary/aromatic N) is 1. The normalized spacial score (nSPS) is 13.4. The van der Waals surface area contributed by atoms with E-state index >= 15 is 0 Å². The van der Waals surface area contributed by atoms with E-state index in [1.54, 1.807) is 19.1 Å². The number of anilines is 1. The van der Waals surface area contributed by atoms with Crippen LogP contribution in [0, 0.1) is 5.92 Å². The van der Waals surface area contributed by atoms with Crippen molar-refractivity contribution in [3.63, 3.8) is 0 Å². The molecule has 0 aromatic heterocycles. The smallest absolute Gasteiger partial charge is 0.271 e. The van der Waals surface area contributed by atoms with E-state index in [1.807, 2.05) is 24.3 Å². The molecular weight excluding hydrogens is 386 g/mol. The van der Waals surface area contributed by atoms with Crippen LogP contribution in [0.15, 0.2) is 41.5 Å². The third kappa shape index (κ3) is 4.89. The summed E-state index contributed by atoms with van der Waals surface area (Å²) < 4.78 is 15.8. The predicted molar refractivity (Wildman–Crippen MR) is 114 cm³/mol. The number of rotatable bonds is 8. The van der Waals surface area contributed by atoms with Crippen molar-refractivity contribution in [3.8, 4) is 17.2 Å². The number of hydrogen-bond donors (Lipinski definition) is 2. The highest BCUT2D eigenvalue weighted by molar-refractivity contribution is 6.02. The molecular formula is C22H25N3O5. The number of methoxy groups -OCH3 is 3. The average Bonchev–Trinajstić information content (AvgIpc) is 3.61. The first-order valence-electron chi connectivity index (χ1n) is 9.52. The van der Waals surface area contributed by atoms with Gasteiger partial charge < -0.3 is 19.5 Å². The Morgan fingerprint density at radius 2 is 1.63 bits per heavy atom. The van der Waals surface area contributed by atoms with E-state index < -0.39 is 5.91 Å². The Kier molecular flexibility index (Phi) is 6.56. The molecule has 0 aliphatic heterocycles. The van der Waals surface area contributed by atoms with E-state index in [4.69, 9.17) is 14.2 Å². The number of amides is 2. The molecule has 30 heavy (non-hydrogen) atoms. The Morgan fingerprint density at radius 3 is 2.20 bits per heavy atom. The minimum absolute atomic E-state index is 0.0393. The molecule has 1 fully saturated rings. The Labute approximate surface area is 175 Å². The number of hydrogen-bond acceptors (Lipinski definition) is 6. The maximum Gasteiger partial charge on any atom is 0.271 e. The van der Waals surface area contributed by atoms with Gasteiger partial charge in [0.1, 0.15) is 0 Å². The first kappa shape index (κ1) is 21.2. The molecule has 2 aromatic rings. The number of hydrazone groups is 1. The average molecular weight is 411 g/mol. The molecule has 2 amide bonds. The molecule has 0 bridgehead atoms. The topological polar surface area (TPSA) is 98.2 Å². The van der Waals surface area contributed by atoms with Crippen LogP contribution in [0.1, 0.15) is 35.7 Å². The zero-order valence-corrected chi connectivity index (χ0v) is 17.4. The fourth-order valence-electron chi connectivity index (χ4n) is 2.89. The standard InChI is InChI=1S/C22H25N3O5/c1-13(15-6-5-7-17(10-15)23-21(26)14-8-9-14)24-25-22(27)16-11-18(28-2)20(30-4)19(12-16)29-3/h5-7,10-12,14H,8-9H2,1-4H3,(H,23,26)(H,25,27). The van der Waals surface area contributed by atoms with Crippen LogP contribution < -0.4 is 25.0 Å². The van der Waals surface area contributed by atoms with Crippen LogP contribution in [0.25, 0.3) is 0 Å². The van der Waals surface area contributed by atoms with Crippen molar-refractivity contribution in [2.24, 2.45) is 11.0 Å². The van der Waals surface area contributed by atoms with Gasteiger partial charge in [-0.2, -0.15) is 5.10 Å². The highest BCUT2D eigenvalue weighted by Gasteiger charge is 2.29. The lowest BCUT2D eigenvalue weighted by Crippen LogP contribution is -2.19. The molecule has 8 heteroatoms. The summed E-state index contributed by atoms with van der Waals surface area (Å²) in [6.07, 6.45) is 1.89. The van der Waals surface area contributed by atoms with Crippen molar-refractivity contribution in [2.45, 2.75) is 19.8 Å². The van der Waals surface area contributed by atoms with Gasteiger partial charge in [0.25, 0.3) is 5.91 Å². The molecule has 1 saturated carbocycles. The maximum atomic E-state index is 12.6. The third-order valence-corrected chi connectivity index (χ3v) is 4.75. The van der Waals surface area contributed by atoms with Gasteiger partial charge in [0.15, 0.2) is 11.5 Å². The first-order chi connectivity index (χ1) is 14.5. The second-order valence-electron chi connectivity index (χ2n) is 6.90. The molecule has 1 aliphatic carbocycles. The molecule has 0 atom stereocenters. The van der Waals surface area contributed by atoms with Crippen molar-refractivity contribution < 1.29 is 23.8 Å². The SMILES string of the molecule is COc1cc(C(=O)NN=C(C)c2cccc(NC(=O)C3CC3)c2)cc(OC)c1OC. The van der Waals surface area contributed by atoms with Crippen molar-refractivity contribution in [1.82, 2.24) is 5.43 Å². The van der Waals surface area contributed by atoms with Gasteiger partial charge >= 0.3 is 0 Å². The quantitative estimate of drug-likeness (QED) is 0.513. The number of ether oxygens (including phenoxy) is 3. The van der Waals surface area contributed by atoms with Crippen molar-refractivity contribution in [1.29, 1.82) is 0 Å². The molecule has 0 heterocycles. The molecule has 0 saturated heterocycles. The van der Waals surface area contributed by atoms with E-state index in [9.17, 15) is 9.59 Å². The van der Waals surface area contributed by atoms with Gasteiger partial charge in [0, 0.05) is 17.2 Å². The third-order valence-electron chi connectivity index (χ3n) is 4.75. The molecule has 2 aromatic carbocycles. The monoisotopic (exact) mass is 411 g/mol. The second-order valence-corrected chi connectivity index (χ2v) is 6.90. The van der Waals surface area contributed by atoms with Crippen LogP contribution >= 0.6 is 0 Å². The summed E-state index contributed by atoms with van der Waals surface area (Å²) in [5.41, 5.74) is 4.93. The lowest BCUT2D eigenvalue weighted by Gasteiger charge is -2.13. The Hall–Kier alpha value is -3.55. The first-order valence-corrected chi connectivity index (χ1v) is 9.52. The van der Waals surface area contributed by atoms with Gasteiger partial charge in [-0.05, 0) is 49.6 Å². The molecule has 2 N–H and O–H groups in total. The highest BCUT2D eigenvalue weighted by atomic mass is 16.5. The van der Waals surface area contributed by atoms with Crippen LogP contribution in [-0.2, 0) is 4.79 Å². The summed E-state index contributed by atoms with van der Waals surface area (Å²) in [7, 11) is 4.46. The molecule has 158 valence electrons. The van der Waals surface area contributed by atoms with Gasteiger partial charge in [-0.15, -0.1) is 0 Å². The molecule has 8 nitrogen and oxygen atoms in total. The van der Waals surface area contributed by atoms with E-state index in [0.29, 0.717) is 34.2 Å². The number of carbonyl (C=O) groups is 2. The van der Waals surface area contributed by atoms with Crippen LogP contribution in [0.4, 0.5) is 5.69 Å². The van der Waals surface area contributed by atoms with Gasteiger partial charge in [-0.25, -0.2) is 5.43 Å². The Balaban J connectivity index is 1.73. The van der Waals surface area contributed by atoms with Gasteiger partial charge in [-0.3, -0.25) is 9.59 Å². The van der Waals surface area contributed by atoms with Gasteiger partial charge in [-0.1, -0.05) is 12.1 Å². The van der Waals surface area contributed by atoms with E-state index in [0.717, 1.165) is 18.4 Å². The summed E-state index contributed by atoms with van der Waals surface area (Å²) in [4.78, 5) is 24.5. The van der Waals surface area contributed by atoms with Crippen molar-refractivity contribution in [2.75, 3.05) is 26.6 Å². The van der Waals surface area contributed by atoms with Crippen LogP contribution in [0.3, 0.4) is 0 Å². The van der Waals surface area contributed by atoms with Crippen molar-refractivity contribution >= 4 is 23.2 Å². The van der Waals surface area contributed by atoms with Crippen LogP contribution in [0.5, 0.6) is 17.2 Å². The van der Waals surface area contributed by atoms with E-state index in [2.05, 4.69) is 15.8 Å². The zero-order valence-electron chi connectivity index (χ0n) is 17.4. The largest absolute Gasteiger partial charge is 0.493 e. The molecule has 0 radical (unpaired) electrons. The second kappa shape index (κ2) is 9.30.